The molecule has 2 aliphatic carbocycles. The molecule has 1 saturated heterocycles. The minimum Gasteiger partial charge on any atom is -0.325 e. The molecular formula is C15H26N2O. The van der Waals surface area contributed by atoms with Crippen molar-refractivity contribution in [1.29, 1.82) is 0 Å². The SMILES string of the molecule is CC1CCCC(N2CNC3(CCCC3)C2=O)CC1. The van der Waals surface area contributed by atoms with Gasteiger partial charge >= 0.3 is 0 Å². The highest BCUT2D eigenvalue weighted by Gasteiger charge is 2.49. The molecule has 3 heteroatoms. The van der Waals surface area contributed by atoms with Crippen LogP contribution in [-0.2, 0) is 4.79 Å². The number of amides is 1. The molecule has 2 unspecified atom stereocenters. The molecule has 1 aliphatic heterocycles. The molecule has 0 aromatic carbocycles. The van der Waals surface area contributed by atoms with Crippen molar-refractivity contribution in [3.05, 3.63) is 0 Å². The molecule has 3 nitrogen and oxygen atoms in total. The van der Waals surface area contributed by atoms with Crippen LogP contribution >= 0.6 is 0 Å². The third-order valence-corrected chi connectivity index (χ3v) is 5.38. The van der Waals surface area contributed by atoms with Crippen molar-refractivity contribution in [1.82, 2.24) is 10.2 Å². The minimum atomic E-state index is -0.155. The third kappa shape index (κ3) is 2.07. The van der Waals surface area contributed by atoms with E-state index in [9.17, 15) is 4.79 Å². The van der Waals surface area contributed by atoms with E-state index in [1.54, 1.807) is 0 Å². The van der Waals surface area contributed by atoms with Crippen LogP contribution in [0.3, 0.4) is 0 Å². The van der Waals surface area contributed by atoms with Gasteiger partial charge in [-0.15, -0.1) is 0 Å². The second-order valence-corrected chi connectivity index (χ2v) is 6.67. The highest BCUT2D eigenvalue weighted by Crippen LogP contribution is 2.37. The fourth-order valence-electron chi connectivity index (χ4n) is 4.10. The second kappa shape index (κ2) is 4.84. The van der Waals surface area contributed by atoms with E-state index in [1.165, 1.54) is 44.9 Å². The Kier molecular flexibility index (Phi) is 3.35. The van der Waals surface area contributed by atoms with Gasteiger partial charge in [0.25, 0.3) is 0 Å². The van der Waals surface area contributed by atoms with Gasteiger partial charge in [0.2, 0.25) is 5.91 Å². The first-order chi connectivity index (χ1) is 8.71. The maximum absolute atomic E-state index is 12.7. The molecule has 0 radical (unpaired) electrons. The molecule has 1 N–H and O–H groups in total. The summed E-state index contributed by atoms with van der Waals surface area (Å²) in [6, 6.07) is 0.509. The molecule has 3 fully saturated rings. The molecule has 1 amide bonds. The highest BCUT2D eigenvalue weighted by atomic mass is 16.2. The first kappa shape index (κ1) is 12.5. The number of hydrogen-bond donors (Lipinski definition) is 1. The zero-order chi connectivity index (χ0) is 12.6. The largest absolute Gasteiger partial charge is 0.325 e. The van der Waals surface area contributed by atoms with Crippen LogP contribution in [0.5, 0.6) is 0 Å². The van der Waals surface area contributed by atoms with E-state index in [-0.39, 0.29) is 5.54 Å². The van der Waals surface area contributed by atoms with E-state index in [1.807, 2.05) is 0 Å². The summed E-state index contributed by atoms with van der Waals surface area (Å²) in [7, 11) is 0. The molecule has 0 aromatic heterocycles. The van der Waals surface area contributed by atoms with E-state index in [4.69, 9.17) is 0 Å². The number of hydrogen-bond acceptors (Lipinski definition) is 2. The predicted molar refractivity (Wildman–Crippen MR) is 72.1 cm³/mol. The Balaban J connectivity index is 1.68. The lowest BCUT2D eigenvalue weighted by molar-refractivity contribution is -0.134. The van der Waals surface area contributed by atoms with Gasteiger partial charge in [-0.2, -0.15) is 0 Å². The molecule has 0 aromatic rings. The van der Waals surface area contributed by atoms with E-state index >= 15 is 0 Å². The Labute approximate surface area is 110 Å². The lowest BCUT2D eigenvalue weighted by atomic mass is 9.96. The topological polar surface area (TPSA) is 32.3 Å². The summed E-state index contributed by atoms with van der Waals surface area (Å²) in [4.78, 5) is 14.9. The van der Waals surface area contributed by atoms with Gasteiger partial charge in [-0.05, 0) is 38.0 Å². The molecular weight excluding hydrogens is 224 g/mol. The van der Waals surface area contributed by atoms with E-state index in [0.717, 1.165) is 25.4 Å². The van der Waals surface area contributed by atoms with Crippen molar-refractivity contribution in [3.63, 3.8) is 0 Å². The average Bonchev–Trinajstić information content (AvgIpc) is 2.89. The quantitative estimate of drug-likeness (QED) is 0.726. The fourth-order valence-corrected chi connectivity index (χ4v) is 4.10. The van der Waals surface area contributed by atoms with Crippen LogP contribution in [0.25, 0.3) is 0 Å². The summed E-state index contributed by atoms with van der Waals surface area (Å²) >= 11 is 0. The Hall–Kier alpha value is -0.570. The van der Waals surface area contributed by atoms with Crippen LogP contribution < -0.4 is 5.32 Å². The molecule has 1 heterocycles. The minimum absolute atomic E-state index is 0.155. The van der Waals surface area contributed by atoms with Gasteiger partial charge < -0.3 is 4.90 Å². The number of nitrogens with one attached hydrogen (secondary N) is 1. The van der Waals surface area contributed by atoms with Crippen molar-refractivity contribution in [2.75, 3.05) is 6.67 Å². The summed E-state index contributed by atoms with van der Waals surface area (Å²) in [5, 5.41) is 3.54. The first-order valence-corrected chi connectivity index (χ1v) is 7.77. The molecule has 3 aliphatic rings. The molecule has 2 saturated carbocycles. The maximum Gasteiger partial charge on any atom is 0.244 e. The normalized spacial score (nSPS) is 36.3. The number of carbonyl (C=O) groups excluding carboxylic acids is 1. The van der Waals surface area contributed by atoms with Crippen LogP contribution in [0.2, 0.25) is 0 Å². The standard InChI is InChI=1S/C15H26N2O/c1-12-5-4-6-13(8-7-12)17-11-16-15(14(17)18)9-2-3-10-15/h12-13,16H,2-11H2,1H3. The summed E-state index contributed by atoms with van der Waals surface area (Å²) in [5.74, 6) is 1.26. The zero-order valence-corrected chi connectivity index (χ0v) is 11.6. The van der Waals surface area contributed by atoms with Crippen molar-refractivity contribution in [3.8, 4) is 0 Å². The van der Waals surface area contributed by atoms with Gasteiger partial charge in [-0.25, -0.2) is 0 Å². The van der Waals surface area contributed by atoms with E-state index < -0.39 is 0 Å². The number of rotatable bonds is 1. The summed E-state index contributed by atoms with van der Waals surface area (Å²) in [5.41, 5.74) is -0.155. The highest BCUT2D eigenvalue weighted by molar-refractivity contribution is 5.88. The Morgan fingerprint density at radius 1 is 1.11 bits per heavy atom. The lowest BCUT2D eigenvalue weighted by Crippen LogP contribution is -2.45. The van der Waals surface area contributed by atoms with Gasteiger partial charge in [0.1, 0.15) is 0 Å². The van der Waals surface area contributed by atoms with Crippen LogP contribution in [0.1, 0.15) is 64.7 Å². The monoisotopic (exact) mass is 250 g/mol. The average molecular weight is 250 g/mol. The van der Waals surface area contributed by atoms with E-state index in [2.05, 4.69) is 17.1 Å². The maximum atomic E-state index is 12.7. The Bertz CT molecular complexity index is 322. The fraction of sp³-hybridized carbons (Fsp3) is 0.933. The zero-order valence-electron chi connectivity index (χ0n) is 11.6. The molecule has 102 valence electrons. The molecule has 0 bridgehead atoms. The lowest BCUT2D eigenvalue weighted by Gasteiger charge is -2.28. The number of nitrogens with zero attached hydrogens (tertiary/aromatic N) is 1. The third-order valence-electron chi connectivity index (χ3n) is 5.38. The summed E-state index contributed by atoms with van der Waals surface area (Å²) in [6.07, 6.45) is 10.9. The van der Waals surface area contributed by atoms with Crippen molar-refractivity contribution in [2.45, 2.75) is 76.3 Å². The van der Waals surface area contributed by atoms with Gasteiger partial charge in [0, 0.05) is 6.04 Å². The van der Waals surface area contributed by atoms with Crippen LogP contribution in [-0.4, -0.2) is 29.1 Å². The van der Waals surface area contributed by atoms with E-state index in [0.29, 0.717) is 11.9 Å². The van der Waals surface area contributed by atoms with Gasteiger partial charge in [0.05, 0.1) is 12.2 Å². The molecule has 18 heavy (non-hydrogen) atoms. The summed E-state index contributed by atoms with van der Waals surface area (Å²) in [6.45, 7) is 3.16. The smallest absolute Gasteiger partial charge is 0.244 e. The number of carbonyl (C=O) groups is 1. The molecule has 2 atom stereocenters. The predicted octanol–water partition coefficient (Wildman–Crippen LogP) is 2.66. The van der Waals surface area contributed by atoms with Crippen LogP contribution in [0.4, 0.5) is 0 Å². The van der Waals surface area contributed by atoms with Gasteiger partial charge in [-0.1, -0.05) is 32.6 Å². The summed E-state index contributed by atoms with van der Waals surface area (Å²) < 4.78 is 0. The van der Waals surface area contributed by atoms with Crippen LogP contribution in [0.15, 0.2) is 0 Å². The Morgan fingerprint density at radius 3 is 2.67 bits per heavy atom. The van der Waals surface area contributed by atoms with Crippen molar-refractivity contribution in [2.24, 2.45) is 5.92 Å². The molecule has 3 rings (SSSR count). The van der Waals surface area contributed by atoms with Gasteiger partial charge in [-0.3, -0.25) is 10.1 Å². The Morgan fingerprint density at radius 2 is 1.89 bits per heavy atom. The molecule has 1 spiro atoms. The van der Waals surface area contributed by atoms with Gasteiger partial charge in [0.15, 0.2) is 0 Å². The second-order valence-electron chi connectivity index (χ2n) is 6.67. The first-order valence-electron chi connectivity index (χ1n) is 7.77. The van der Waals surface area contributed by atoms with Crippen LogP contribution in [0, 0.1) is 5.92 Å². The van der Waals surface area contributed by atoms with Crippen molar-refractivity contribution < 1.29 is 4.79 Å². The van der Waals surface area contributed by atoms with Crippen molar-refractivity contribution >= 4 is 5.91 Å².